The largest absolute Gasteiger partial charge is 0.399 e. The van der Waals surface area contributed by atoms with Gasteiger partial charge in [-0.2, -0.15) is 0 Å². The van der Waals surface area contributed by atoms with Crippen molar-refractivity contribution in [2.45, 2.75) is 13.8 Å². The van der Waals surface area contributed by atoms with E-state index in [1.165, 1.54) is 0 Å². The summed E-state index contributed by atoms with van der Waals surface area (Å²) in [5.41, 5.74) is 11.9. The summed E-state index contributed by atoms with van der Waals surface area (Å²) in [6.07, 6.45) is 0. The van der Waals surface area contributed by atoms with E-state index in [0.29, 0.717) is 11.5 Å². The molecule has 0 aliphatic heterocycles. The van der Waals surface area contributed by atoms with E-state index in [1.807, 2.05) is 6.07 Å². The number of nitrogen functional groups attached to an aromatic ring is 2. The monoisotopic (exact) mass is 180 g/mol. The third-order valence-electron chi connectivity index (χ3n) is 1.94. The minimum absolute atomic E-state index is 0.474. The Morgan fingerprint density at radius 3 is 2.31 bits per heavy atom. The van der Waals surface area contributed by atoms with Gasteiger partial charge >= 0.3 is 0 Å². The molecule has 4 N–H and O–H groups in total. The molecule has 0 saturated heterocycles. The predicted molar refractivity (Wildman–Crippen MR) is 56.6 cm³/mol. The first kappa shape index (κ1) is 9.64. The first-order valence-electron chi connectivity index (χ1n) is 4.45. The van der Waals surface area contributed by atoms with Crippen LogP contribution in [-0.2, 0) is 0 Å². The van der Waals surface area contributed by atoms with Gasteiger partial charge in [0.2, 0.25) is 0 Å². The van der Waals surface area contributed by atoms with Crippen LogP contribution < -0.4 is 16.4 Å². The zero-order valence-electron chi connectivity index (χ0n) is 8.12. The Kier molecular flexibility index (Phi) is 2.95. The van der Waals surface area contributed by atoms with Gasteiger partial charge in [0, 0.05) is 30.9 Å². The lowest BCUT2D eigenvalue weighted by Crippen LogP contribution is -2.23. The topological polar surface area (TPSA) is 68.2 Å². The quantitative estimate of drug-likeness (QED) is 0.730. The molecule has 72 valence electrons. The third kappa shape index (κ3) is 2.24. The summed E-state index contributed by atoms with van der Waals surface area (Å²) in [5, 5.41) is 0. The van der Waals surface area contributed by atoms with Gasteiger partial charge in [0.1, 0.15) is 11.6 Å². The molecule has 13 heavy (non-hydrogen) atoms. The minimum Gasteiger partial charge on any atom is -0.399 e. The lowest BCUT2D eigenvalue weighted by atomic mass is 10.3. The van der Waals surface area contributed by atoms with Crippen LogP contribution in [0, 0.1) is 0 Å². The van der Waals surface area contributed by atoms with Crippen LogP contribution in [0.4, 0.5) is 17.3 Å². The van der Waals surface area contributed by atoms with E-state index >= 15 is 0 Å². The molecule has 4 nitrogen and oxygen atoms in total. The number of aromatic nitrogens is 1. The molecule has 0 unspecified atom stereocenters. The predicted octanol–water partition coefficient (Wildman–Crippen LogP) is 1.09. The summed E-state index contributed by atoms with van der Waals surface area (Å²) >= 11 is 0. The normalized spacial score (nSPS) is 10.0. The number of nitrogens with zero attached hydrogens (tertiary/aromatic N) is 2. The van der Waals surface area contributed by atoms with Crippen molar-refractivity contribution in [1.29, 1.82) is 0 Å². The first-order valence-corrected chi connectivity index (χ1v) is 4.45. The summed E-state index contributed by atoms with van der Waals surface area (Å²) < 4.78 is 0. The van der Waals surface area contributed by atoms with Gasteiger partial charge in [0.25, 0.3) is 0 Å². The highest BCUT2D eigenvalue weighted by Crippen LogP contribution is 2.17. The lowest BCUT2D eigenvalue weighted by molar-refractivity contribution is 0.848. The Bertz CT molecular complexity index is 261. The fourth-order valence-corrected chi connectivity index (χ4v) is 1.27. The van der Waals surface area contributed by atoms with Crippen molar-refractivity contribution in [2.24, 2.45) is 0 Å². The molecule has 1 rings (SSSR count). The van der Waals surface area contributed by atoms with E-state index in [2.05, 4.69) is 23.7 Å². The van der Waals surface area contributed by atoms with Crippen LogP contribution in [0.2, 0.25) is 0 Å². The summed E-state index contributed by atoms with van der Waals surface area (Å²) in [6.45, 7) is 5.97. The van der Waals surface area contributed by atoms with Gasteiger partial charge in [-0.3, -0.25) is 0 Å². The molecular formula is C9H16N4. The molecule has 0 aliphatic rings. The van der Waals surface area contributed by atoms with Crippen LogP contribution >= 0.6 is 0 Å². The lowest BCUT2D eigenvalue weighted by Gasteiger charge is -2.20. The van der Waals surface area contributed by atoms with Gasteiger partial charge in [-0.1, -0.05) is 0 Å². The SMILES string of the molecule is CCN(CC)c1cc(N)cc(N)n1. The smallest absolute Gasteiger partial charge is 0.132 e. The average Bonchev–Trinajstić information content (AvgIpc) is 2.04. The van der Waals surface area contributed by atoms with Crippen molar-refractivity contribution in [1.82, 2.24) is 4.98 Å². The molecule has 0 aromatic carbocycles. The van der Waals surface area contributed by atoms with Crippen molar-refractivity contribution in [3.05, 3.63) is 12.1 Å². The molecule has 1 aromatic heterocycles. The molecule has 0 fully saturated rings. The molecule has 4 heteroatoms. The molecule has 0 aliphatic carbocycles. The van der Waals surface area contributed by atoms with E-state index < -0.39 is 0 Å². The number of hydrogen-bond acceptors (Lipinski definition) is 4. The van der Waals surface area contributed by atoms with Crippen molar-refractivity contribution in [3.8, 4) is 0 Å². The van der Waals surface area contributed by atoms with Crippen molar-refractivity contribution >= 4 is 17.3 Å². The van der Waals surface area contributed by atoms with Gasteiger partial charge in [0.15, 0.2) is 0 Å². The van der Waals surface area contributed by atoms with Gasteiger partial charge in [-0.25, -0.2) is 4.98 Å². The number of nitrogens with two attached hydrogens (primary N) is 2. The number of pyridine rings is 1. The number of hydrogen-bond donors (Lipinski definition) is 2. The van der Waals surface area contributed by atoms with Crippen LogP contribution in [0.1, 0.15) is 13.8 Å². The maximum absolute atomic E-state index is 5.66. The van der Waals surface area contributed by atoms with Crippen LogP contribution in [0.5, 0.6) is 0 Å². The standard InChI is InChI=1S/C9H16N4/c1-3-13(4-2)9-6-7(10)5-8(11)12-9/h5-6H,3-4H2,1-2H3,(H4,10,11,12). The summed E-state index contributed by atoms with van der Waals surface area (Å²) in [4.78, 5) is 6.30. The van der Waals surface area contributed by atoms with Crippen molar-refractivity contribution < 1.29 is 0 Å². The van der Waals surface area contributed by atoms with E-state index in [9.17, 15) is 0 Å². The Morgan fingerprint density at radius 1 is 1.23 bits per heavy atom. The Hall–Kier alpha value is -1.45. The molecule has 0 saturated carbocycles. The molecule has 0 atom stereocenters. The van der Waals surface area contributed by atoms with E-state index in [0.717, 1.165) is 18.9 Å². The zero-order valence-corrected chi connectivity index (χ0v) is 8.12. The second-order valence-electron chi connectivity index (χ2n) is 2.86. The summed E-state index contributed by atoms with van der Waals surface area (Å²) in [6, 6.07) is 3.50. The second-order valence-corrected chi connectivity index (χ2v) is 2.86. The maximum Gasteiger partial charge on any atom is 0.132 e. The molecule has 0 spiro atoms. The average molecular weight is 180 g/mol. The number of rotatable bonds is 3. The molecule has 0 bridgehead atoms. The molecule has 0 amide bonds. The van der Waals surface area contributed by atoms with Crippen molar-refractivity contribution in [2.75, 3.05) is 29.5 Å². The van der Waals surface area contributed by atoms with Crippen LogP contribution in [-0.4, -0.2) is 18.1 Å². The fourth-order valence-electron chi connectivity index (χ4n) is 1.27. The van der Waals surface area contributed by atoms with E-state index in [4.69, 9.17) is 11.5 Å². The van der Waals surface area contributed by atoms with Crippen molar-refractivity contribution in [3.63, 3.8) is 0 Å². The first-order chi connectivity index (χ1) is 6.17. The third-order valence-corrected chi connectivity index (χ3v) is 1.94. The van der Waals surface area contributed by atoms with Gasteiger partial charge < -0.3 is 16.4 Å². The van der Waals surface area contributed by atoms with Crippen LogP contribution in [0.3, 0.4) is 0 Å². The van der Waals surface area contributed by atoms with E-state index in [1.54, 1.807) is 6.07 Å². The number of anilines is 3. The van der Waals surface area contributed by atoms with Gasteiger partial charge in [-0.05, 0) is 13.8 Å². The highest BCUT2D eigenvalue weighted by Gasteiger charge is 2.04. The fraction of sp³-hybridized carbons (Fsp3) is 0.444. The highest BCUT2D eigenvalue weighted by molar-refractivity contribution is 5.57. The molecule has 1 aromatic rings. The van der Waals surface area contributed by atoms with E-state index in [-0.39, 0.29) is 0 Å². The summed E-state index contributed by atoms with van der Waals surface area (Å²) in [7, 11) is 0. The molecule has 0 radical (unpaired) electrons. The zero-order chi connectivity index (χ0) is 9.84. The van der Waals surface area contributed by atoms with Crippen LogP contribution in [0.15, 0.2) is 12.1 Å². The molecular weight excluding hydrogens is 164 g/mol. The Balaban J connectivity index is 2.99. The minimum atomic E-state index is 0.474. The Morgan fingerprint density at radius 2 is 1.85 bits per heavy atom. The second kappa shape index (κ2) is 3.98. The van der Waals surface area contributed by atoms with Gasteiger partial charge in [-0.15, -0.1) is 0 Å². The Labute approximate surface area is 78.6 Å². The molecule has 1 heterocycles. The maximum atomic E-state index is 5.66. The van der Waals surface area contributed by atoms with Crippen LogP contribution in [0.25, 0.3) is 0 Å². The summed E-state index contributed by atoms with van der Waals surface area (Å²) in [5.74, 6) is 1.32. The van der Waals surface area contributed by atoms with Gasteiger partial charge in [0.05, 0.1) is 0 Å². The highest BCUT2D eigenvalue weighted by atomic mass is 15.2.